The molecule has 1 heterocycles. The van der Waals surface area contributed by atoms with Crippen molar-refractivity contribution in [3.63, 3.8) is 0 Å². The van der Waals surface area contributed by atoms with Crippen LogP contribution in [0.5, 0.6) is 5.75 Å². The molecule has 1 aliphatic heterocycles. The molecule has 2 aromatic rings. The Kier molecular flexibility index (Phi) is 2.85. The van der Waals surface area contributed by atoms with Gasteiger partial charge in [-0.2, -0.15) is 0 Å². The highest BCUT2D eigenvalue weighted by Crippen LogP contribution is 2.50. The summed E-state index contributed by atoms with van der Waals surface area (Å²) in [5, 5.41) is 11.2. The molecule has 3 nitrogen and oxygen atoms in total. The Morgan fingerprint density at radius 3 is 2.10 bits per heavy atom. The molecule has 1 atom stereocenters. The Morgan fingerprint density at radius 1 is 0.900 bits per heavy atom. The topological polar surface area (TPSA) is 38.7 Å². The zero-order chi connectivity index (χ0) is 14.4. The Balaban J connectivity index is 2.24. The molecule has 3 heteroatoms. The van der Waals surface area contributed by atoms with Gasteiger partial charge in [-0.25, -0.2) is 0 Å². The second-order valence-corrected chi connectivity index (χ2v) is 5.50. The number of fused-ring (bicyclic) bond motifs is 1. The Morgan fingerprint density at radius 2 is 1.45 bits per heavy atom. The van der Waals surface area contributed by atoms with E-state index in [1.807, 2.05) is 62.4 Å². The summed E-state index contributed by atoms with van der Waals surface area (Å²) in [6, 6.07) is 15.1. The Hall–Kier alpha value is -1.84. The van der Waals surface area contributed by atoms with Crippen molar-refractivity contribution in [1.82, 2.24) is 0 Å². The van der Waals surface area contributed by atoms with Gasteiger partial charge in [-0.3, -0.25) is 0 Å². The van der Waals surface area contributed by atoms with Crippen molar-refractivity contribution in [2.24, 2.45) is 0 Å². The molecule has 2 aromatic carbocycles. The molecular weight excluding hydrogens is 252 g/mol. The molecule has 0 radical (unpaired) electrons. The minimum atomic E-state index is -1.48. The van der Waals surface area contributed by atoms with Crippen molar-refractivity contribution in [3.8, 4) is 5.75 Å². The van der Waals surface area contributed by atoms with E-state index in [2.05, 4.69) is 0 Å². The summed E-state index contributed by atoms with van der Waals surface area (Å²) in [5.41, 5.74) is 1.84. The molecule has 20 heavy (non-hydrogen) atoms. The highest BCUT2D eigenvalue weighted by atomic mass is 16.6. The molecule has 104 valence electrons. The number of hydrogen-bond acceptors (Lipinski definition) is 3. The van der Waals surface area contributed by atoms with Gasteiger partial charge in [-0.1, -0.05) is 36.4 Å². The molecule has 0 saturated carbocycles. The van der Waals surface area contributed by atoms with E-state index >= 15 is 0 Å². The number of aliphatic hydroxyl groups is 1. The zero-order valence-electron chi connectivity index (χ0n) is 11.9. The van der Waals surface area contributed by atoms with Gasteiger partial charge in [0.1, 0.15) is 5.75 Å². The van der Waals surface area contributed by atoms with Gasteiger partial charge in [-0.05, 0) is 31.5 Å². The first-order chi connectivity index (χ1) is 9.49. The van der Waals surface area contributed by atoms with Crippen LogP contribution in [0.3, 0.4) is 0 Å². The highest BCUT2D eigenvalue weighted by molar-refractivity contribution is 5.49. The van der Waals surface area contributed by atoms with Crippen molar-refractivity contribution in [2.45, 2.75) is 25.2 Å². The summed E-state index contributed by atoms with van der Waals surface area (Å²) in [6.07, 6.45) is 0. The number of ether oxygens (including phenoxy) is 2. The summed E-state index contributed by atoms with van der Waals surface area (Å²) < 4.78 is 11.4. The fraction of sp³-hybridized carbons (Fsp3) is 0.294. The third kappa shape index (κ3) is 1.74. The minimum Gasteiger partial charge on any atom is -0.496 e. The van der Waals surface area contributed by atoms with Gasteiger partial charge in [0.15, 0.2) is 0 Å². The predicted octanol–water partition coefficient (Wildman–Crippen LogP) is 3.15. The average Bonchev–Trinajstić information content (AvgIpc) is 2.67. The molecule has 0 aliphatic carbocycles. The van der Waals surface area contributed by atoms with Crippen molar-refractivity contribution in [1.29, 1.82) is 0 Å². The first-order valence-corrected chi connectivity index (χ1v) is 6.65. The first kappa shape index (κ1) is 13.2. The maximum Gasteiger partial charge on any atom is 0.224 e. The van der Waals surface area contributed by atoms with Crippen LogP contribution < -0.4 is 4.74 Å². The van der Waals surface area contributed by atoms with E-state index in [9.17, 15) is 5.11 Å². The molecule has 1 aliphatic rings. The van der Waals surface area contributed by atoms with E-state index in [1.165, 1.54) is 0 Å². The third-order valence-electron chi connectivity index (χ3n) is 3.82. The maximum absolute atomic E-state index is 11.2. The second-order valence-electron chi connectivity index (χ2n) is 5.50. The quantitative estimate of drug-likeness (QED) is 0.911. The summed E-state index contributed by atoms with van der Waals surface area (Å²) in [4.78, 5) is 0. The normalized spacial score (nSPS) is 23.4. The lowest BCUT2D eigenvalue weighted by atomic mass is 9.91. The number of rotatable bonds is 2. The van der Waals surface area contributed by atoms with Crippen molar-refractivity contribution in [2.75, 3.05) is 7.11 Å². The van der Waals surface area contributed by atoms with E-state index in [0.29, 0.717) is 11.3 Å². The minimum absolute atomic E-state index is 0.549. The summed E-state index contributed by atoms with van der Waals surface area (Å²) in [5.74, 6) is -0.866. The van der Waals surface area contributed by atoms with Crippen LogP contribution in [0.1, 0.15) is 30.5 Å². The first-order valence-electron chi connectivity index (χ1n) is 6.65. The molecule has 0 fully saturated rings. The van der Waals surface area contributed by atoms with Crippen LogP contribution in [-0.2, 0) is 16.1 Å². The van der Waals surface area contributed by atoms with Crippen molar-refractivity contribution in [3.05, 3.63) is 65.2 Å². The van der Waals surface area contributed by atoms with Gasteiger partial charge < -0.3 is 14.6 Å². The van der Waals surface area contributed by atoms with Gasteiger partial charge in [0.2, 0.25) is 5.79 Å². The van der Waals surface area contributed by atoms with Crippen LogP contribution in [-0.4, -0.2) is 12.2 Å². The van der Waals surface area contributed by atoms with Crippen molar-refractivity contribution >= 4 is 0 Å². The Bertz CT molecular complexity index is 648. The van der Waals surface area contributed by atoms with Gasteiger partial charge in [0, 0.05) is 5.56 Å². The monoisotopic (exact) mass is 270 g/mol. The molecule has 0 saturated heterocycles. The molecule has 3 rings (SSSR count). The van der Waals surface area contributed by atoms with Gasteiger partial charge >= 0.3 is 0 Å². The Labute approximate surface area is 118 Å². The van der Waals surface area contributed by atoms with Crippen molar-refractivity contribution < 1.29 is 14.6 Å². The lowest BCUT2D eigenvalue weighted by Gasteiger charge is -2.28. The SMILES string of the molecule is COc1ccccc1C1(O)OC(C)(C)c2ccccc21. The van der Waals surface area contributed by atoms with Crippen LogP contribution in [0.15, 0.2) is 48.5 Å². The van der Waals surface area contributed by atoms with Crippen LogP contribution in [0.4, 0.5) is 0 Å². The van der Waals surface area contributed by atoms with E-state index in [4.69, 9.17) is 9.47 Å². The molecular formula is C17H18O3. The summed E-state index contributed by atoms with van der Waals surface area (Å²) in [7, 11) is 1.59. The molecule has 1 N–H and O–H groups in total. The summed E-state index contributed by atoms with van der Waals surface area (Å²) in [6.45, 7) is 3.92. The number of benzene rings is 2. The second kappa shape index (κ2) is 4.33. The van der Waals surface area contributed by atoms with Crippen LogP contribution in [0.2, 0.25) is 0 Å². The third-order valence-corrected chi connectivity index (χ3v) is 3.82. The van der Waals surface area contributed by atoms with Crippen LogP contribution in [0.25, 0.3) is 0 Å². The lowest BCUT2D eigenvalue weighted by molar-refractivity contribution is -0.223. The lowest BCUT2D eigenvalue weighted by Crippen LogP contribution is -2.30. The highest BCUT2D eigenvalue weighted by Gasteiger charge is 2.50. The largest absolute Gasteiger partial charge is 0.496 e. The van der Waals surface area contributed by atoms with E-state index in [-0.39, 0.29) is 0 Å². The standard InChI is InChI=1S/C17H18O3/c1-16(2)12-8-4-5-9-13(12)17(18,20-16)14-10-6-7-11-15(14)19-3/h4-11,18H,1-3H3. The number of para-hydroxylation sites is 1. The van der Waals surface area contributed by atoms with Crippen LogP contribution >= 0.6 is 0 Å². The zero-order valence-corrected chi connectivity index (χ0v) is 11.9. The molecule has 0 amide bonds. The molecule has 0 spiro atoms. The fourth-order valence-electron chi connectivity index (χ4n) is 2.91. The number of methoxy groups -OCH3 is 1. The van der Waals surface area contributed by atoms with E-state index < -0.39 is 11.4 Å². The maximum atomic E-state index is 11.2. The van der Waals surface area contributed by atoms with Gasteiger partial charge in [-0.15, -0.1) is 0 Å². The molecule has 0 aromatic heterocycles. The van der Waals surface area contributed by atoms with E-state index in [0.717, 1.165) is 11.1 Å². The number of hydrogen-bond donors (Lipinski definition) is 1. The van der Waals surface area contributed by atoms with Gasteiger partial charge in [0.25, 0.3) is 0 Å². The average molecular weight is 270 g/mol. The fourth-order valence-corrected chi connectivity index (χ4v) is 2.91. The molecule has 0 bridgehead atoms. The smallest absolute Gasteiger partial charge is 0.224 e. The van der Waals surface area contributed by atoms with E-state index in [1.54, 1.807) is 7.11 Å². The summed E-state index contributed by atoms with van der Waals surface area (Å²) >= 11 is 0. The van der Waals surface area contributed by atoms with Crippen LogP contribution in [0, 0.1) is 0 Å². The van der Waals surface area contributed by atoms with Gasteiger partial charge in [0.05, 0.1) is 18.3 Å². The molecule has 1 unspecified atom stereocenters. The predicted molar refractivity (Wildman–Crippen MR) is 76.5 cm³/mol.